The Kier molecular flexibility index (Phi) is 4.65. The Morgan fingerprint density at radius 1 is 1.35 bits per heavy atom. The van der Waals surface area contributed by atoms with Crippen molar-refractivity contribution in [2.45, 2.75) is 25.3 Å². The molecule has 1 heterocycles. The van der Waals surface area contributed by atoms with Crippen LogP contribution >= 0.6 is 27.5 Å². The molecule has 2 aromatic rings. The van der Waals surface area contributed by atoms with Gasteiger partial charge in [-0.1, -0.05) is 27.5 Å². The van der Waals surface area contributed by atoms with Crippen molar-refractivity contribution in [3.63, 3.8) is 0 Å². The molecule has 3 rings (SSSR count). The van der Waals surface area contributed by atoms with Crippen LogP contribution in [0.3, 0.4) is 0 Å². The van der Waals surface area contributed by atoms with E-state index in [0.717, 1.165) is 23.7 Å². The molecule has 4 nitrogen and oxygen atoms in total. The van der Waals surface area contributed by atoms with Gasteiger partial charge in [-0.3, -0.25) is 4.79 Å². The SMILES string of the molecule is N#Cc1ccc(C(=O)N(c2ccc(Br)cc2Cl)C2CCC2)cn1. The van der Waals surface area contributed by atoms with Crippen LogP contribution in [0.1, 0.15) is 35.3 Å². The molecule has 0 radical (unpaired) electrons. The number of nitrogens with zero attached hydrogens (tertiary/aromatic N) is 3. The van der Waals surface area contributed by atoms with Gasteiger partial charge in [-0.15, -0.1) is 0 Å². The number of aromatic nitrogens is 1. The molecule has 1 fully saturated rings. The number of carbonyl (C=O) groups excluding carboxylic acids is 1. The van der Waals surface area contributed by atoms with E-state index in [0.29, 0.717) is 22.0 Å². The van der Waals surface area contributed by atoms with Gasteiger partial charge in [0, 0.05) is 16.7 Å². The predicted molar refractivity (Wildman–Crippen MR) is 92.6 cm³/mol. The molecule has 0 atom stereocenters. The number of rotatable bonds is 3. The smallest absolute Gasteiger partial charge is 0.260 e. The maximum Gasteiger partial charge on any atom is 0.260 e. The number of amides is 1. The van der Waals surface area contributed by atoms with Crippen LogP contribution in [0.5, 0.6) is 0 Å². The standard InChI is InChI=1S/C17H13BrClN3O/c18-12-5-7-16(15(19)8-12)22(14-2-1-3-14)17(23)11-4-6-13(9-20)21-10-11/h4-8,10,14H,1-3H2. The Morgan fingerprint density at radius 2 is 2.13 bits per heavy atom. The van der Waals surface area contributed by atoms with Gasteiger partial charge >= 0.3 is 0 Å². The number of carbonyl (C=O) groups is 1. The zero-order chi connectivity index (χ0) is 16.4. The molecule has 0 N–H and O–H groups in total. The predicted octanol–water partition coefficient (Wildman–Crippen LogP) is 4.57. The quantitative estimate of drug-likeness (QED) is 0.771. The average Bonchev–Trinajstić information content (AvgIpc) is 2.51. The monoisotopic (exact) mass is 389 g/mol. The molecule has 1 saturated carbocycles. The summed E-state index contributed by atoms with van der Waals surface area (Å²) >= 11 is 9.73. The number of hydrogen-bond acceptors (Lipinski definition) is 3. The van der Waals surface area contributed by atoms with E-state index in [9.17, 15) is 4.79 Å². The molecule has 0 spiro atoms. The molecule has 0 bridgehead atoms. The van der Waals surface area contributed by atoms with Crippen LogP contribution in [0.25, 0.3) is 0 Å². The Labute approximate surface area is 147 Å². The molecule has 1 aliphatic rings. The van der Waals surface area contributed by atoms with Crippen molar-refractivity contribution in [3.05, 3.63) is 57.3 Å². The molecule has 1 amide bonds. The van der Waals surface area contributed by atoms with Gasteiger partial charge in [-0.2, -0.15) is 5.26 Å². The van der Waals surface area contributed by atoms with Gasteiger partial charge in [0.1, 0.15) is 11.8 Å². The summed E-state index contributed by atoms with van der Waals surface area (Å²) in [6, 6.07) is 10.8. The molecule has 1 aromatic heterocycles. The topological polar surface area (TPSA) is 57.0 Å². The number of benzene rings is 1. The molecule has 0 unspecified atom stereocenters. The summed E-state index contributed by atoms with van der Waals surface area (Å²) in [6.45, 7) is 0. The third kappa shape index (κ3) is 3.24. The van der Waals surface area contributed by atoms with Crippen LogP contribution in [0.2, 0.25) is 5.02 Å². The van der Waals surface area contributed by atoms with Crippen LogP contribution in [0.15, 0.2) is 41.0 Å². The molecular formula is C17H13BrClN3O. The minimum atomic E-state index is -0.143. The van der Waals surface area contributed by atoms with Crippen molar-refractivity contribution in [2.75, 3.05) is 4.90 Å². The lowest BCUT2D eigenvalue weighted by molar-refractivity contribution is 0.0963. The number of halogens is 2. The Hall–Kier alpha value is -1.90. The van der Waals surface area contributed by atoms with E-state index in [-0.39, 0.29) is 11.9 Å². The summed E-state index contributed by atoms with van der Waals surface area (Å²) in [6.07, 6.45) is 4.47. The van der Waals surface area contributed by atoms with E-state index in [1.807, 2.05) is 18.2 Å². The fraction of sp³-hybridized carbons (Fsp3) is 0.235. The number of nitriles is 1. The highest BCUT2D eigenvalue weighted by molar-refractivity contribution is 9.10. The van der Waals surface area contributed by atoms with E-state index in [4.69, 9.17) is 16.9 Å². The van der Waals surface area contributed by atoms with Crippen LogP contribution in [0.4, 0.5) is 5.69 Å². The molecule has 116 valence electrons. The van der Waals surface area contributed by atoms with Crippen molar-refractivity contribution < 1.29 is 4.79 Å². The van der Waals surface area contributed by atoms with Gasteiger partial charge < -0.3 is 4.90 Å². The first-order valence-corrected chi connectivity index (χ1v) is 8.42. The number of anilines is 1. The van der Waals surface area contributed by atoms with Crippen molar-refractivity contribution in [1.29, 1.82) is 5.26 Å². The molecule has 1 aliphatic carbocycles. The van der Waals surface area contributed by atoms with Crippen LogP contribution in [-0.2, 0) is 0 Å². The van der Waals surface area contributed by atoms with Crippen molar-refractivity contribution in [3.8, 4) is 6.07 Å². The Morgan fingerprint density at radius 3 is 2.65 bits per heavy atom. The van der Waals surface area contributed by atoms with E-state index in [1.165, 1.54) is 6.20 Å². The lowest BCUT2D eigenvalue weighted by Crippen LogP contribution is -2.44. The number of pyridine rings is 1. The van der Waals surface area contributed by atoms with Gasteiger partial charge in [-0.25, -0.2) is 4.98 Å². The fourth-order valence-corrected chi connectivity index (χ4v) is 3.28. The normalized spacial score (nSPS) is 14.0. The summed E-state index contributed by atoms with van der Waals surface area (Å²) in [4.78, 5) is 18.7. The summed E-state index contributed by atoms with van der Waals surface area (Å²) in [7, 11) is 0. The highest BCUT2D eigenvalue weighted by atomic mass is 79.9. The molecule has 23 heavy (non-hydrogen) atoms. The number of hydrogen-bond donors (Lipinski definition) is 0. The second-order valence-corrected chi connectivity index (χ2v) is 6.72. The van der Waals surface area contributed by atoms with Crippen molar-refractivity contribution >= 4 is 39.1 Å². The molecule has 0 aliphatic heterocycles. The maximum absolute atomic E-state index is 12.9. The van der Waals surface area contributed by atoms with Crippen LogP contribution in [0, 0.1) is 11.3 Å². The lowest BCUT2D eigenvalue weighted by atomic mass is 9.90. The van der Waals surface area contributed by atoms with E-state index >= 15 is 0 Å². The van der Waals surface area contributed by atoms with Gasteiger partial charge in [-0.05, 0) is 49.6 Å². The summed E-state index contributed by atoms with van der Waals surface area (Å²) in [5, 5.41) is 9.35. The zero-order valence-electron chi connectivity index (χ0n) is 12.2. The fourth-order valence-electron chi connectivity index (χ4n) is 2.52. The second kappa shape index (κ2) is 6.69. The van der Waals surface area contributed by atoms with Gasteiger partial charge in [0.25, 0.3) is 5.91 Å². The van der Waals surface area contributed by atoms with Gasteiger partial charge in [0.15, 0.2) is 0 Å². The highest BCUT2D eigenvalue weighted by Gasteiger charge is 2.32. The first-order chi connectivity index (χ1) is 11.1. The van der Waals surface area contributed by atoms with E-state index in [2.05, 4.69) is 20.9 Å². The first kappa shape index (κ1) is 16.0. The zero-order valence-corrected chi connectivity index (χ0v) is 14.5. The Bertz CT molecular complexity index is 781. The molecule has 6 heteroatoms. The molecule has 1 aromatic carbocycles. The summed E-state index contributed by atoms with van der Waals surface area (Å²) in [5.41, 5.74) is 1.45. The van der Waals surface area contributed by atoms with E-state index in [1.54, 1.807) is 23.1 Å². The third-order valence-corrected chi connectivity index (χ3v) is 4.75. The van der Waals surface area contributed by atoms with Crippen molar-refractivity contribution in [2.24, 2.45) is 0 Å². The first-order valence-electron chi connectivity index (χ1n) is 7.25. The van der Waals surface area contributed by atoms with Crippen molar-refractivity contribution in [1.82, 2.24) is 4.98 Å². The van der Waals surface area contributed by atoms with Gasteiger partial charge in [0.05, 0.1) is 16.3 Å². The van der Waals surface area contributed by atoms with Gasteiger partial charge in [0.2, 0.25) is 0 Å². The lowest BCUT2D eigenvalue weighted by Gasteiger charge is -2.38. The average molecular weight is 391 g/mol. The largest absolute Gasteiger partial charge is 0.304 e. The van der Waals surface area contributed by atoms with Crippen LogP contribution < -0.4 is 4.90 Å². The minimum absolute atomic E-state index is 0.143. The second-order valence-electron chi connectivity index (χ2n) is 5.40. The molecular weight excluding hydrogens is 378 g/mol. The highest BCUT2D eigenvalue weighted by Crippen LogP contribution is 2.36. The van der Waals surface area contributed by atoms with Crippen LogP contribution in [-0.4, -0.2) is 16.9 Å². The van der Waals surface area contributed by atoms with E-state index < -0.39 is 0 Å². The Balaban J connectivity index is 1.98. The maximum atomic E-state index is 12.9. The minimum Gasteiger partial charge on any atom is -0.304 e. The summed E-state index contributed by atoms with van der Waals surface area (Å²) in [5.74, 6) is -0.143. The third-order valence-electron chi connectivity index (χ3n) is 3.95. The molecule has 0 saturated heterocycles. The summed E-state index contributed by atoms with van der Waals surface area (Å²) < 4.78 is 0.868.